The number of ether oxygens (including phenoxy) is 6. The van der Waals surface area contributed by atoms with Crippen molar-refractivity contribution >= 4 is 5.97 Å². The first-order valence-corrected chi connectivity index (χ1v) is 23.7. The molecule has 10 N–H and O–H groups in total. The molecule has 23 atom stereocenters. The molecule has 0 aromatic heterocycles. The molecule has 3 aliphatic heterocycles. The van der Waals surface area contributed by atoms with Gasteiger partial charge in [-0.2, -0.15) is 0 Å². The Kier molecular flexibility index (Phi) is 13.2. The zero-order valence-corrected chi connectivity index (χ0v) is 38.5. The van der Waals surface area contributed by atoms with Gasteiger partial charge in [0.25, 0.3) is 0 Å². The molecule has 0 bridgehead atoms. The number of rotatable bonds is 9. The SMILES string of the molecule is C[C@@H]1O[C@@H](O[C@H]2[C@@H](O[C@H]3CC[C@@]4(C)[C@@H](CC[C@]5(C)[C@@H]4CC=C4[C@@H]6CC(C)(C)CC[C@]6(C(=O)O)CC[C@]45C)[C@]3(C)CO)OC[C@H](O[C@@H]3O[C@H](CO)[C@@H](O)[C@H](O)[C@H]3O)[C@@H]2O)[C@H](O)[C@H](O)[C@H]1O. The molecular weight excluding hydrogens is 837 g/mol. The number of aliphatic carboxylic acids is 1. The molecule has 0 aromatic carbocycles. The van der Waals surface area contributed by atoms with E-state index in [4.69, 9.17) is 28.4 Å². The summed E-state index contributed by atoms with van der Waals surface area (Å²) in [5.74, 6) is -0.441. The Morgan fingerprint density at radius 2 is 1.38 bits per heavy atom. The first kappa shape index (κ1) is 49.0. The number of hydrogen-bond acceptors (Lipinski definition) is 16. The zero-order valence-electron chi connectivity index (χ0n) is 38.5. The minimum atomic E-state index is -1.77. The van der Waals surface area contributed by atoms with E-state index in [0.29, 0.717) is 19.3 Å². The lowest BCUT2D eigenvalue weighted by Gasteiger charge is -2.71. The molecule has 17 nitrogen and oxygen atoms in total. The summed E-state index contributed by atoms with van der Waals surface area (Å²) in [5.41, 5.74) is -0.704. The Bertz CT molecular complexity index is 1750. The minimum Gasteiger partial charge on any atom is -0.481 e. The zero-order chi connectivity index (χ0) is 46.7. The first-order valence-electron chi connectivity index (χ1n) is 23.7. The molecule has 7 fully saturated rings. The van der Waals surface area contributed by atoms with Crippen molar-refractivity contribution < 1.29 is 84.3 Å². The van der Waals surface area contributed by atoms with E-state index in [0.717, 1.165) is 44.9 Å². The summed E-state index contributed by atoms with van der Waals surface area (Å²) in [6.07, 6.45) is -11.7. The van der Waals surface area contributed by atoms with Crippen LogP contribution in [-0.4, -0.2) is 169 Å². The normalized spacial score (nSPS) is 55.0. The highest BCUT2D eigenvalue weighted by molar-refractivity contribution is 5.76. The van der Waals surface area contributed by atoms with Gasteiger partial charge in [0, 0.05) is 5.41 Å². The first-order chi connectivity index (χ1) is 29.9. The van der Waals surface area contributed by atoms with Crippen LogP contribution in [0.1, 0.15) is 113 Å². The summed E-state index contributed by atoms with van der Waals surface area (Å²) in [6, 6.07) is 0. The molecular formula is C47H76O17. The molecule has 366 valence electrons. The predicted octanol–water partition coefficient (Wildman–Crippen LogP) is 1.35. The van der Waals surface area contributed by atoms with Crippen molar-refractivity contribution in [3.63, 3.8) is 0 Å². The minimum absolute atomic E-state index is 0.00757. The smallest absolute Gasteiger partial charge is 0.310 e. The molecule has 0 aromatic rings. The highest BCUT2D eigenvalue weighted by atomic mass is 16.8. The Labute approximate surface area is 376 Å². The number of aliphatic hydroxyl groups is 9. The van der Waals surface area contributed by atoms with Gasteiger partial charge >= 0.3 is 5.97 Å². The Morgan fingerprint density at radius 3 is 2.03 bits per heavy atom. The van der Waals surface area contributed by atoms with Crippen molar-refractivity contribution in [2.45, 2.75) is 205 Å². The van der Waals surface area contributed by atoms with Crippen LogP contribution in [0.15, 0.2) is 11.6 Å². The van der Waals surface area contributed by atoms with Gasteiger partial charge in [-0.3, -0.25) is 4.79 Å². The van der Waals surface area contributed by atoms with E-state index in [1.54, 1.807) is 0 Å². The lowest BCUT2D eigenvalue weighted by molar-refractivity contribution is -0.381. The van der Waals surface area contributed by atoms with Crippen LogP contribution < -0.4 is 0 Å². The van der Waals surface area contributed by atoms with Crippen LogP contribution in [0.4, 0.5) is 0 Å². The second-order valence-corrected chi connectivity index (χ2v) is 22.9. The van der Waals surface area contributed by atoms with Crippen LogP contribution in [0.2, 0.25) is 0 Å². The maximum Gasteiger partial charge on any atom is 0.310 e. The molecule has 0 unspecified atom stereocenters. The summed E-state index contributed by atoms with van der Waals surface area (Å²) in [7, 11) is 0. The van der Waals surface area contributed by atoms with Crippen LogP contribution in [0.25, 0.3) is 0 Å². The van der Waals surface area contributed by atoms with E-state index in [9.17, 15) is 55.9 Å². The molecule has 17 heteroatoms. The fourth-order valence-corrected chi connectivity index (χ4v) is 14.8. The third-order valence-electron chi connectivity index (χ3n) is 19.1. The van der Waals surface area contributed by atoms with E-state index in [1.807, 2.05) is 6.92 Å². The van der Waals surface area contributed by atoms with Gasteiger partial charge in [0.15, 0.2) is 18.9 Å². The van der Waals surface area contributed by atoms with Crippen LogP contribution in [0.3, 0.4) is 0 Å². The number of carbonyl (C=O) groups is 1. The van der Waals surface area contributed by atoms with Gasteiger partial charge in [-0.25, -0.2) is 0 Å². The summed E-state index contributed by atoms with van der Waals surface area (Å²) in [6.45, 7) is 14.0. The second-order valence-electron chi connectivity index (χ2n) is 22.9. The van der Waals surface area contributed by atoms with Gasteiger partial charge < -0.3 is 79.5 Å². The lowest BCUT2D eigenvalue weighted by atomic mass is 9.33. The Morgan fingerprint density at radius 1 is 0.719 bits per heavy atom. The molecule has 8 rings (SSSR count). The van der Waals surface area contributed by atoms with Gasteiger partial charge in [0.05, 0.1) is 37.4 Å². The fraction of sp³-hybridized carbons (Fsp3) is 0.936. The van der Waals surface area contributed by atoms with Crippen molar-refractivity contribution in [2.24, 2.45) is 50.2 Å². The van der Waals surface area contributed by atoms with Crippen molar-refractivity contribution in [1.82, 2.24) is 0 Å². The predicted molar refractivity (Wildman–Crippen MR) is 225 cm³/mol. The van der Waals surface area contributed by atoms with Crippen molar-refractivity contribution in [3.8, 4) is 0 Å². The van der Waals surface area contributed by atoms with E-state index in [-0.39, 0.29) is 52.6 Å². The average molecular weight is 913 g/mol. The molecule has 64 heavy (non-hydrogen) atoms. The van der Waals surface area contributed by atoms with Crippen LogP contribution in [0.5, 0.6) is 0 Å². The molecule has 0 spiro atoms. The van der Waals surface area contributed by atoms with E-state index >= 15 is 0 Å². The lowest BCUT2D eigenvalue weighted by Crippen LogP contribution is -2.67. The molecule has 8 aliphatic rings. The molecule has 3 heterocycles. The quantitative estimate of drug-likeness (QED) is 0.116. The van der Waals surface area contributed by atoms with Gasteiger partial charge in [-0.05, 0) is 111 Å². The Balaban J connectivity index is 1.05. The van der Waals surface area contributed by atoms with Gasteiger partial charge in [-0.1, -0.05) is 53.2 Å². The molecule has 0 radical (unpaired) electrons. The summed E-state index contributed by atoms with van der Waals surface area (Å²) in [5, 5.41) is 108. The monoisotopic (exact) mass is 913 g/mol. The number of carboxylic acid groups (broad SMARTS) is 1. The maximum absolute atomic E-state index is 13.1. The number of hydrogen-bond donors (Lipinski definition) is 10. The summed E-state index contributed by atoms with van der Waals surface area (Å²) < 4.78 is 36.5. The third kappa shape index (κ3) is 7.49. The molecule has 0 amide bonds. The summed E-state index contributed by atoms with van der Waals surface area (Å²) in [4.78, 5) is 13.1. The molecule has 3 saturated heterocycles. The topological polar surface area (TPSA) is 275 Å². The van der Waals surface area contributed by atoms with Crippen LogP contribution >= 0.6 is 0 Å². The van der Waals surface area contributed by atoms with E-state index < -0.39 is 116 Å². The third-order valence-corrected chi connectivity index (χ3v) is 19.1. The van der Waals surface area contributed by atoms with Crippen LogP contribution in [0, 0.1) is 50.2 Å². The Hall–Kier alpha value is -1.39. The number of allylic oxidation sites excluding steroid dienone is 2. The van der Waals surface area contributed by atoms with Gasteiger partial charge in [0.1, 0.15) is 61.0 Å². The highest BCUT2D eigenvalue weighted by Gasteiger charge is 2.70. The number of aliphatic hydroxyl groups excluding tert-OH is 9. The van der Waals surface area contributed by atoms with Crippen molar-refractivity contribution in [1.29, 1.82) is 0 Å². The van der Waals surface area contributed by atoms with Gasteiger partial charge in [-0.15, -0.1) is 0 Å². The molecule has 4 saturated carbocycles. The van der Waals surface area contributed by atoms with Gasteiger partial charge in [0.2, 0.25) is 0 Å². The molecule has 5 aliphatic carbocycles. The van der Waals surface area contributed by atoms with Crippen molar-refractivity contribution in [3.05, 3.63) is 11.6 Å². The summed E-state index contributed by atoms with van der Waals surface area (Å²) >= 11 is 0. The number of carboxylic acids is 1. The standard InChI is InChI=1S/C47H76O17/c1-22-30(50)33(53)35(55)38(60-22)64-37-32(52)26(62-39-36(56)34(54)31(51)25(19-48)61-39)20-59-40(37)63-29-11-12-43(4)27(44(29,5)21-49)10-13-46(7)28(43)9-8-23-24-18-42(2,3)14-16-47(24,41(57)58)17-15-45(23,46)6/h8,22,24-40,48-56H,9-21H2,1-7H3,(H,57,58)/t22-,24-,25+,26-,27+,28+,29-,30-,31+,32-,33+,34-,35+,36+,37+,38-,39-,40+,43-,44-,45+,46+,47-/m0/s1. The maximum atomic E-state index is 13.1. The largest absolute Gasteiger partial charge is 0.481 e. The second kappa shape index (κ2) is 17.2. The van der Waals surface area contributed by atoms with Crippen molar-refractivity contribution in [2.75, 3.05) is 19.8 Å². The number of fused-ring (bicyclic) bond motifs is 7. The van der Waals surface area contributed by atoms with E-state index in [1.165, 1.54) is 12.5 Å². The van der Waals surface area contributed by atoms with Crippen LogP contribution in [-0.2, 0) is 33.2 Å². The highest BCUT2D eigenvalue weighted by Crippen LogP contribution is 2.76. The fourth-order valence-electron chi connectivity index (χ4n) is 14.8. The average Bonchev–Trinajstić information content (AvgIpc) is 3.24. The van der Waals surface area contributed by atoms with E-state index in [2.05, 4.69) is 40.7 Å².